The van der Waals surface area contributed by atoms with Crippen LogP contribution in [0.3, 0.4) is 0 Å². The molecule has 1 amide bonds. The summed E-state index contributed by atoms with van der Waals surface area (Å²) in [6.07, 6.45) is 0. The quantitative estimate of drug-likeness (QED) is 0.508. The van der Waals surface area contributed by atoms with Gasteiger partial charge in [0.05, 0.1) is 13.2 Å². The molecule has 0 unspecified atom stereocenters. The van der Waals surface area contributed by atoms with Crippen LogP contribution in [-0.2, 0) is 4.74 Å². The number of carbonyl (C=O) groups excluding carboxylic acids is 1. The number of benzene rings is 2. The predicted molar refractivity (Wildman–Crippen MR) is 124 cm³/mol. The number of halogens is 1. The summed E-state index contributed by atoms with van der Waals surface area (Å²) in [7, 11) is 0. The molecule has 1 saturated heterocycles. The van der Waals surface area contributed by atoms with Crippen LogP contribution in [0.4, 0.5) is 16.0 Å². The van der Waals surface area contributed by atoms with Crippen molar-refractivity contribution in [2.24, 2.45) is 0 Å². The van der Waals surface area contributed by atoms with E-state index in [0.29, 0.717) is 55.0 Å². The van der Waals surface area contributed by atoms with E-state index in [-0.39, 0.29) is 11.7 Å². The Balaban J connectivity index is 1.28. The Bertz CT molecular complexity index is 1090. The lowest BCUT2D eigenvalue weighted by Gasteiger charge is -2.28. The van der Waals surface area contributed by atoms with E-state index in [9.17, 15) is 9.18 Å². The molecule has 1 aliphatic heterocycles. The third kappa shape index (κ3) is 6.39. The van der Waals surface area contributed by atoms with Crippen molar-refractivity contribution in [3.05, 3.63) is 71.8 Å². The number of hydrogen-bond acceptors (Lipinski definition) is 7. The lowest BCUT2D eigenvalue weighted by molar-refractivity contribution is 0.0955. The Kier molecular flexibility index (Phi) is 7.31. The van der Waals surface area contributed by atoms with Gasteiger partial charge in [0.25, 0.3) is 5.91 Å². The fourth-order valence-corrected chi connectivity index (χ4v) is 3.41. The average Bonchev–Trinajstić information content (AvgIpc) is 2.83. The maximum Gasteiger partial charge on any atom is 0.251 e. The van der Waals surface area contributed by atoms with Crippen LogP contribution >= 0.6 is 0 Å². The smallest absolute Gasteiger partial charge is 0.251 e. The molecule has 1 fully saturated rings. The van der Waals surface area contributed by atoms with Gasteiger partial charge in [-0.05, 0) is 49.4 Å². The minimum Gasteiger partial charge on any atom is -0.457 e. The topological polar surface area (TPSA) is 88.6 Å². The molecule has 2 N–H and O–H groups in total. The van der Waals surface area contributed by atoms with E-state index in [0.717, 1.165) is 18.9 Å². The first kappa shape index (κ1) is 22.5. The lowest BCUT2D eigenvalue weighted by atomic mass is 10.2. The van der Waals surface area contributed by atoms with Gasteiger partial charge in [-0.25, -0.2) is 14.4 Å². The minimum absolute atomic E-state index is 0.214. The van der Waals surface area contributed by atoms with Gasteiger partial charge in [0.15, 0.2) is 0 Å². The second kappa shape index (κ2) is 10.7. The minimum atomic E-state index is -0.335. The lowest BCUT2D eigenvalue weighted by Crippen LogP contribution is -2.37. The molecule has 1 aliphatic rings. The number of carbonyl (C=O) groups is 1. The van der Waals surface area contributed by atoms with Crippen molar-refractivity contribution in [2.75, 3.05) is 49.6 Å². The van der Waals surface area contributed by atoms with Gasteiger partial charge in [0.1, 0.15) is 34.8 Å². The molecule has 9 heteroatoms. The van der Waals surface area contributed by atoms with Crippen LogP contribution in [-0.4, -0.2) is 55.3 Å². The molecule has 172 valence electrons. The predicted octanol–water partition coefficient (Wildman–Crippen LogP) is 3.39. The van der Waals surface area contributed by atoms with E-state index in [1.807, 2.05) is 13.0 Å². The molecule has 2 aromatic carbocycles. The fraction of sp³-hybridized carbons (Fsp3) is 0.292. The number of anilines is 2. The van der Waals surface area contributed by atoms with Crippen LogP contribution in [0.25, 0.3) is 0 Å². The van der Waals surface area contributed by atoms with Crippen molar-refractivity contribution < 1.29 is 18.7 Å². The second-order valence-corrected chi connectivity index (χ2v) is 7.52. The third-order valence-corrected chi connectivity index (χ3v) is 5.02. The van der Waals surface area contributed by atoms with Crippen molar-refractivity contribution in [3.8, 4) is 11.5 Å². The highest BCUT2D eigenvalue weighted by atomic mass is 19.1. The molecule has 0 spiro atoms. The highest BCUT2D eigenvalue weighted by molar-refractivity contribution is 5.94. The van der Waals surface area contributed by atoms with Crippen LogP contribution in [0.5, 0.6) is 11.5 Å². The number of aryl methyl sites for hydroxylation is 1. The van der Waals surface area contributed by atoms with Gasteiger partial charge in [0, 0.05) is 37.8 Å². The largest absolute Gasteiger partial charge is 0.457 e. The maximum atomic E-state index is 13.0. The van der Waals surface area contributed by atoms with Gasteiger partial charge in [-0.3, -0.25) is 4.79 Å². The molecule has 8 nitrogen and oxygen atoms in total. The van der Waals surface area contributed by atoms with Gasteiger partial charge in [0.2, 0.25) is 0 Å². The Labute approximate surface area is 191 Å². The Morgan fingerprint density at radius 1 is 1.06 bits per heavy atom. The SMILES string of the molecule is Cc1nc(NCCNC(=O)c2cccc(Oc3ccc(F)cc3)c2)cc(N2CCOCC2)n1. The van der Waals surface area contributed by atoms with Crippen LogP contribution in [0.15, 0.2) is 54.6 Å². The summed E-state index contributed by atoms with van der Waals surface area (Å²) >= 11 is 0. The fourth-order valence-electron chi connectivity index (χ4n) is 3.41. The van der Waals surface area contributed by atoms with Crippen molar-refractivity contribution in [1.82, 2.24) is 15.3 Å². The van der Waals surface area contributed by atoms with Gasteiger partial charge in [-0.1, -0.05) is 6.07 Å². The van der Waals surface area contributed by atoms with Crippen molar-refractivity contribution in [3.63, 3.8) is 0 Å². The number of morpholine rings is 1. The molecule has 4 rings (SSSR count). The number of ether oxygens (including phenoxy) is 2. The number of hydrogen-bond donors (Lipinski definition) is 2. The molecule has 2 heterocycles. The van der Waals surface area contributed by atoms with Gasteiger partial charge in [-0.15, -0.1) is 0 Å². The van der Waals surface area contributed by atoms with Crippen LogP contribution < -0.4 is 20.3 Å². The summed E-state index contributed by atoms with van der Waals surface area (Å²) < 4.78 is 24.1. The third-order valence-electron chi connectivity index (χ3n) is 5.02. The summed E-state index contributed by atoms with van der Waals surface area (Å²) in [5.41, 5.74) is 0.474. The number of nitrogens with zero attached hydrogens (tertiary/aromatic N) is 3. The van der Waals surface area contributed by atoms with E-state index in [2.05, 4.69) is 25.5 Å². The van der Waals surface area contributed by atoms with Crippen molar-refractivity contribution in [1.29, 1.82) is 0 Å². The summed E-state index contributed by atoms with van der Waals surface area (Å²) in [5.74, 6) is 2.72. The Morgan fingerprint density at radius 3 is 2.64 bits per heavy atom. The van der Waals surface area contributed by atoms with E-state index in [1.165, 1.54) is 24.3 Å². The van der Waals surface area contributed by atoms with Crippen LogP contribution in [0.1, 0.15) is 16.2 Å². The zero-order chi connectivity index (χ0) is 23.0. The molecule has 1 aromatic heterocycles. The summed E-state index contributed by atoms with van der Waals surface area (Å²) in [5, 5.41) is 6.12. The standard InChI is InChI=1S/C24H26FN5O3/c1-17-28-22(16-23(29-17)30-11-13-32-14-12-30)26-9-10-27-24(31)18-3-2-4-21(15-18)33-20-7-5-19(25)6-8-20/h2-8,15-16H,9-14H2,1H3,(H,27,31)(H,26,28,29). The summed E-state index contributed by atoms with van der Waals surface area (Å²) in [6.45, 7) is 5.76. The van der Waals surface area contributed by atoms with Crippen molar-refractivity contribution in [2.45, 2.75) is 6.92 Å². The molecule has 0 saturated carbocycles. The normalized spacial score (nSPS) is 13.5. The van der Waals surface area contributed by atoms with Gasteiger partial charge in [-0.2, -0.15) is 0 Å². The molecule has 33 heavy (non-hydrogen) atoms. The number of rotatable bonds is 8. The number of aromatic nitrogens is 2. The van der Waals surface area contributed by atoms with E-state index in [1.54, 1.807) is 24.3 Å². The number of amides is 1. The highest BCUT2D eigenvalue weighted by Gasteiger charge is 2.14. The summed E-state index contributed by atoms with van der Waals surface area (Å²) in [6, 6.07) is 14.5. The van der Waals surface area contributed by atoms with E-state index in [4.69, 9.17) is 9.47 Å². The monoisotopic (exact) mass is 451 g/mol. The molecule has 0 radical (unpaired) electrons. The van der Waals surface area contributed by atoms with E-state index >= 15 is 0 Å². The first-order valence-corrected chi connectivity index (χ1v) is 10.8. The average molecular weight is 452 g/mol. The summed E-state index contributed by atoms with van der Waals surface area (Å²) in [4.78, 5) is 23.6. The van der Waals surface area contributed by atoms with E-state index < -0.39 is 0 Å². The Morgan fingerprint density at radius 2 is 1.85 bits per heavy atom. The molecule has 0 bridgehead atoms. The zero-order valence-electron chi connectivity index (χ0n) is 18.4. The molecule has 3 aromatic rings. The Hall–Kier alpha value is -3.72. The molecular formula is C24H26FN5O3. The van der Waals surface area contributed by atoms with Crippen molar-refractivity contribution >= 4 is 17.5 Å². The van der Waals surface area contributed by atoms with Gasteiger partial charge >= 0.3 is 0 Å². The van der Waals surface area contributed by atoms with Crippen LogP contribution in [0.2, 0.25) is 0 Å². The maximum absolute atomic E-state index is 13.0. The second-order valence-electron chi connectivity index (χ2n) is 7.52. The zero-order valence-corrected chi connectivity index (χ0v) is 18.4. The molecule has 0 aliphatic carbocycles. The molecule has 0 atom stereocenters. The highest BCUT2D eigenvalue weighted by Crippen LogP contribution is 2.22. The first-order chi connectivity index (χ1) is 16.1. The van der Waals surface area contributed by atoms with Crippen LogP contribution in [0, 0.1) is 12.7 Å². The number of nitrogens with one attached hydrogen (secondary N) is 2. The molecular weight excluding hydrogens is 425 g/mol. The van der Waals surface area contributed by atoms with Gasteiger partial charge < -0.3 is 25.0 Å². The first-order valence-electron chi connectivity index (χ1n) is 10.8.